The van der Waals surface area contributed by atoms with E-state index in [1.54, 1.807) is 25.4 Å². The summed E-state index contributed by atoms with van der Waals surface area (Å²) in [5, 5.41) is 6.63. The van der Waals surface area contributed by atoms with Gasteiger partial charge in [-0.3, -0.25) is 9.59 Å². The van der Waals surface area contributed by atoms with Crippen molar-refractivity contribution in [3.63, 3.8) is 0 Å². The number of carbonyl (C=O) groups excluding carboxylic acids is 2. The van der Waals surface area contributed by atoms with Crippen LogP contribution >= 0.6 is 0 Å². The Morgan fingerprint density at radius 3 is 2.77 bits per heavy atom. The minimum absolute atomic E-state index is 0.0428. The Kier molecular flexibility index (Phi) is 6.54. The fourth-order valence-electron chi connectivity index (χ4n) is 6.12. The molecule has 2 fully saturated rings. The molecule has 1 saturated heterocycles. The first kappa shape index (κ1) is 25.1. The summed E-state index contributed by atoms with van der Waals surface area (Å²) >= 11 is 0. The zero-order valence-electron chi connectivity index (χ0n) is 22.1. The summed E-state index contributed by atoms with van der Waals surface area (Å²) in [6.07, 6.45) is 8.14. The van der Waals surface area contributed by atoms with Crippen molar-refractivity contribution in [2.75, 3.05) is 30.7 Å². The number of benzene rings is 1. The van der Waals surface area contributed by atoms with Gasteiger partial charge in [0.05, 0.1) is 17.9 Å². The fourth-order valence-corrected chi connectivity index (χ4v) is 6.12. The van der Waals surface area contributed by atoms with Crippen LogP contribution in [0.5, 0.6) is 5.75 Å². The Morgan fingerprint density at radius 1 is 1.18 bits per heavy atom. The molecule has 4 N–H and O–H groups in total. The molecule has 3 aliphatic rings. The second-order valence-corrected chi connectivity index (χ2v) is 10.9. The summed E-state index contributed by atoms with van der Waals surface area (Å²) in [7, 11) is 0. The molecule has 2 aliphatic heterocycles. The van der Waals surface area contributed by atoms with Gasteiger partial charge in [0.15, 0.2) is 0 Å². The number of ether oxygens (including phenoxy) is 1. The highest BCUT2D eigenvalue weighted by molar-refractivity contribution is 5.94. The zero-order valence-corrected chi connectivity index (χ0v) is 22.1. The molecule has 0 unspecified atom stereocenters. The fraction of sp³-hybridized carbons (Fsp3) is 0.414. The molecule has 1 aliphatic carbocycles. The molecule has 0 bridgehead atoms. The van der Waals surface area contributed by atoms with Gasteiger partial charge in [0.2, 0.25) is 11.9 Å². The number of piperidine rings is 1. The summed E-state index contributed by atoms with van der Waals surface area (Å²) in [6.45, 7) is 4.40. The molecule has 202 valence electrons. The van der Waals surface area contributed by atoms with Crippen molar-refractivity contribution < 1.29 is 14.3 Å². The number of rotatable bonds is 6. The second kappa shape index (κ2) is 10.2. The van der Waals surface area contributed by atoms with Gasteiger partial charge in [-0.05, 0) is 54.9 Å². The van der Waals surface area contributed by atoms with E-state index in [4.69, 9.17) is 10.5 Å². The predicted octanol–water partition coefficient (Wildman–Crippen LogP) is 3.19. The lowest BCUT2D eigenvalue weighted by Gasteiger charge is -2.52. The van der Waals surface area contributed by atoms with Crippen LogP contribution < -0.4 is 21.1 Å². The molecule has 1 saturated carbocycles. The number of nitrogens with two attached hydrogens (primary N) is 1. The van der Waals surface area contributed by atoms with Crippen molar-refractivity contribution in [1.29, 1.82) is 0 Å². The Balaban J connectivity index is 1.07. The van der Waals surface area contributed by atoms with Gasteiger partial charge >= 0.3 is 0 Å². The number of likely N-dealkylation sites (tertiary alicyclic amines) is 1. The largest absolute Gasteiger partial charge is 0.492 e. The second-order valence-electron chi connectivity index (χ2n) is 10.9. The van der Waals surface area contributed by atoms with Crippen LogP contribution in [0.25, 0.3) is 11.3 Å². The van der Waals surface area contributed by atoms with Crippen LogP contribution in [0.1, 0.15) is 54.1 Å². The number of nitrogens with zero attached hydrogens (tertiary/aromatic N) is 4. The van der Waals surface area contributed by atoms with Crippen molar-refractivity contribution in [3.05, 3.63) is 59.4 Å². The monoisotopic (exact) mass is 527 g/mol. The van der Waals surface area contributed by atoms with Gasteiger partial charge in [0.1, 0.15) is 11.6 Å². The molecule has 0 radical (unpaired) electrons. The third-order valence-corrected chi connectivity index (χ3v) is 8.29. The Bertz CT molecular complexity index is 1410. The molecule has 4 heterocycles. The number of carbonyl (C=O) groups is 2. The number of amides is 2. The van der Waals surface area contributed by atoms with Crippen molar-refractivity contribution in [1.82, 2.24) is 25.2 Å². The van der Waals surface area contributed by atoms with E-state index in [1.807, 2.05) is 29.2 Å². The lowest BCUT2D eigenvalue weighted by molar-refractivity contribution is -0.132. The van der Waals surface area contributed by atoms with Crippen LogP contribution in [0.3, 0.4) is 0 Å². The highest BCUT2D eigenvalue weighted by Gasteiger charge is 2.46. The lowest BCUT2D eigenvalue weighted by atomic mass is 9.60. The van der Waals surface area contributed by atoms with Gasteiger partial charge in [0, 0.05) is 62.5 Å². The van der Waals surface area contributed by atoms with Gasteiger partial charge in [-0.1, -0.05) is 12.1 Å². The lowest BCUT2D eigenvalue weighted by Crippen LogP contribution is -2.55. The van der Waals surface area contributed by atoms with Crippen molar-refractivity contribution in [2.45, 2.75) is 51.6 Å². The van der Waals surface area contributed by atoms with Crippen LogP contribution in [0, 0.1) is 5.41 Å². The Hall–Kier alpha value is -4.21. The molecule has 1 spiro atoms. The molecule has 39 heavy (non-hydrogen) atoms. The molecular formula is C29H33N7O3. The predicted molar refractivity (Wildman–Crippen MR) is 147 cm³/mol. The zero-order chi connectivity index (χ0) is 27.0. The van der Waals surface area contributed by atoms with E-state index < -0.39 is 0 Å². The van der Waals surface area contributed by atoms with Crippen molar-refractivity contribution in [3.8, 4) is 17.0 Å². The first-order chi connectivity index (χ1) is 18.9. The number of hydrogen-bond acceptors (Lipinski definition) is 8. The summed E-state index contributed by atoms with van der Waals surface area (Å²) in [5.74, 6) is 1.85. The van der Waals surface area contributed by atoms with Gasteiger partial charge in [-0.2, -0.15) is 0 Å². The topological polar surface area (TPSA) is 135 Å². The number of aromatic nitrogens is 3. The molecule has 3 aromatic rings. The number of nitrogen functional groups attached to an aromatic ring is 1. The number of anilines is 2. The first-order valence-corrected chi connectivity index (χ1v) is 13.5. The molecule has 2 amide bonds. The van der Waals surface area contributed by atoms with Crippen LogP contribution in [0.15, 0.2) is 42.7 Å². The molecule has 10 heteroatoms. The highest BCUT2D eigenvalue weighted by atomic mass is 16.5. The molecule has 0 atom stereocenters. The maximum absolute atomic E-state index is 13.0. The van der Waals surface area contributed by atoms with E-state index >= 15 is 0 Å². The third kappa shape index (κ3) is 5.10. The standard InChI is InChI=1S/C29H33N7O3/c1-18(37)36-10-7-29(8-11-36)14-21(15-29)34-27(38)20-4-2-3-19(13-20)16-32-26-22-6-12-39-25(22)23(17-33-26)24-5-9-31-28(30)35-24/h2-5,9,13,17,21H,6-8,10-12,14-16H2,1H3,(H,32,33)(H,34,38)(H2,30,31,35). The maximum atomic E-state index is 13.0. The van der Waals surface area contributed by atoms with Crippen molar-refractivity contribution >= 4 is 23.6 Å². The summed E-state index contributed by atoms with van der Waals surface area (Å²) < 4.78 is 5.93. The van der Waals surface area contributed by atoms with Gasteiger partial charge < -0.3 is 26.0 Å². The maximum Gasteiger partial charge on any atom is 0.251 e. The average Bonchev–Trinajstić information content (AvgIpc) is 3.42. The summed E-state index contributed by atoms with van der Waals surface area (Å²) in [5.41, 5.74) is 10.2. The quantitative estimate of drug-likeness (QED) is 0.445. The summed E-state index contributed by atoms with van der Waals surface area (Å²) in [6, 6.07) is 9.68. The molecular weight excluding hydrogens is 494 g/mol. The third-order valence-electron chi connectivity index (χ3n) is 8.29. The van der Waals surface area contributed by atoms with Gasteiger partial charge in [-0.25, -0.2) is 15.0 Å². The van der Waals surface area contributed by atoms with Crippen LogP contribution in [-0.4, -0.2) is 57.4 Å². The first-order valence-electron chi connectivity index (χ1n) is 13.5. The average molecular weight is 528 g/mol. The van der Waals surface area contributed by atoms with E-state index in [-0.39, 0.29) is 29.2 Å². The highest BCUT2D eigenvalue weighted by Crippen LogP contribution is 2.49. The molecule has 1 aromatic carbocycles. The minimum atomic E-state index is -0.0428. The number of pyridine rings is 1. The van der Waals surface area contributed by atoms with Gasteiger partial charge in [0.25, 0.3) is 5.91 Å². The SMILES string of the molecule is CC(=O)N1CCC2(CC1)CC(NC(=O)c1cccc(CNc3ncc(-c4ccnc(N)n4)c4c3CCO4)c1)C2. The van der Waals surface area contributed by atoms with Crippen LogP contribution in [0.4, 0.5) is 11.8 Å². The number of hydrogen-bond donors (Lipinski definition) is 3. The van der Waals surface area contributed by atoms with E-state index in [2.05, 4.69) is 25.6 Å². The van der Waals surface area contributed by atoms with Crippen LogP contribution in [0.2, 0.25) is 0 Å². The Labute approximate surface area is 227 Å². The van der Waals surface area contributed by atoms with E-state index in [1.165, 1.54) is 0 Å². The Morgan fingerprint density at radius 2 is 2.00 bits per heavy atom. The molecule has 2 aromatic heterocycles. The van der Waals surface area contributed by atoms with Gasteiger partial charge in [-0.15, -0.1) is 0 Å². The van der Waals surface area contributed by atoms with E-state index in [0.29, 0.717) is 24.4 Å². The van der Waals surface area contributed by atoms with Crippen molar-refractivity contribution in [2.24, 2.45) is 5.41 Å². The smallest absolute Gasteiger partial charge is 0.251 e. The summed E-state index contributed by atoms with van der Waals surface area (Å²) in [4.78, 5) is 39.5. The van der Waals surface area contributed by atoms with E-state index in [0.717, 1.165) is 73.5 Å². The minimum Gasteiger partial charge on any atom is -0.492 e. The molecule has 6 rings (SSSR count). The number of nitrogens with one attached hydrogen (secondary N) is 2. The van der Waals surface area contributed by atoms with E-state index in [9.17, 15) is 9.59 Å². The van der Waals surface area contributed by atoms with Crippen LogP contribution in [-0.2, 0) is 17.8 Å². The number of fused-ring (bicyclic) bond motifs is 1. The molecule has 10 nitrogen and oxygen atoms in total. The normalized spacial score (nSPS) is 17.7.